The molecule has 5 rings (SSSR count). The van der Waals surface area contributed by atoms with E-state index in [4.69, 9.17) is 20.3 Å². The number of nitro groups is 1. The molecule has 2 aliphatic rings. The van der Waals surface area contributed by atoms with Crippen molar-refractivity contribution in [3.8, 4) is 0 Å². The highest BCUT2D eigenvalue weighted by molar-refractivity contribution is 6.00. The van der Waals surface area contributed by atoms with Gasteiger partial charge in [-0.15, -0.1) is 0 Å². The molecule has 2 aliphatic heterocycles. The van der Waals surface area contributed by atoms with E-state index in [1.807, 2.05) is 36.4 Å². The van der Waals surface area contributed by atoms with Crippen molar-refractivity contribution in [1.29, 1.82) is 0 Å². The van der Waals surface area contributed by atoms with Crippen LogP contribution in [0.3, 0.4) is 0 Å². The molecule has 0 amide bonds. The fraction of sp³-hybridized carbons (Fsp3) is 0.333. The van der Waals surface area contributed by atoms with Crippen LogP contribution < -0.4 is 11.1 Å². The van der Waals surface area contributed by atoms with Crippen LogP contribution in [0.15, 0.2) is 108 Å². The van der Waals surface area contributed by atoms with Crippen LogP contribution in [0, 0.1) is 10.1 Å². The molecule has 0 bridgehead atoms. The number of dihydropyridines is 1. The first-order valence-corrected chi connectivity index (χ1v) is 15.5. The van der Waals surface area contributed by atoms with Crippen LogP contribution in [0.25, 0.3) is 0 Å². The van der Waals surface area contributed by atoms with Gasteiger partial charge in [0.15, 0.2) is 0 Å². The van der Waals surface area contributed by atoms with E-state index in [0.29, 0.717) is 24.4 Å². The molecule has 1 unspecified atom stereocenters. The number of esters is 2. The maximum atomic E-state index is 13.8. The van der Waals surface area contributed by atoms with Crippen LogP contribution in [0.2, 0.25) is 0 Å². The Morgan fingerprint density at radius 3 is 1.98 bits per heavy atom. The molecule has 0 saturated carbocycles. The second-order valence-electron chi connectivity index (χ2n) is 12.0. The molecule has 1 fully saturated rings. The number of aliphatic hydroxyl groups is 1. The largest absolute Gasteiger partial charge is 0.460 e. The monoisotopic (exact) mass is 642 g/mol. The Kier molecular flexibility index (Phi) is 11.5. The van der Waals surface area contributed by atoms with Gasteiger partial charge >= 0.3 is 11.9 Å². The average molecular weight is 643 g/mol. The molecule has 3 aromatic carbocycles. The number of benzene rings is 3. The standard InChI is InChI=1S/C33H34N4O6.C3H8O/c1-20(2)42-32(38)27-21(3)35-31(34)29(28(27)24-15-10-16-25(17-24)37(40)41)33(39)43-26-18-36(19-26)30(22-11-6-4-7-12-22)23-13-8-5-9-14-23;1-3(2)4/h4-17,20,26,28,30,35H,18-19,34H2,1-3H3;3-4H,1-2H3. The quantitative estimate of drug-likeness (QED) is 0.163. The van der Waals surface area contributed by atoms with E-state index in [9.17, 15) is 19.7 Å². The second-order valence-corrected chi connectivity index (χ2v) is 12.0. The third kappa shape index (κ3) is 8.63. The number of ether oxygens (including phenoxy) is 2. The van der Waals surface area contributed by atoms with Gasteiger partial charge in [0.05, 0.1) is 34.1 Å². The predicted molar refractivity (Wildman–Crippen MR) is 178 cm³/mol. The summed E-state index contributed by atoms with van der Waals surface area (Å²) in [6, 6.07) is 26.0. The maximum Gasteiger partial charge on any atom is 0.339 e. The molecule has 3 aromatic rings. The summed E-state index contributed by atoms with van der Waals surface area (Å²) in [5.74, 6) is -2.37. The Morgan fingerprint density at radius 1 is 0.915 bits per heavy atom. The summed E-state index contributed by atoms with van der Waals surface area (Å²) in [5, 5.41) is 22.6. The van der Waals surface area contributed by atoms with Gasteiger partial charge in [-0.05, 0) is 51.3 Å². The predicted octanol–water partition coefficient (Wildman–Crippen LogP) is 5.08. The number of allylic oxidation sites excluding steroid dienone is 1. The lowest BCUT2D eigenvalue weighted by molar-refractivity contribution is -0.384. The van der Waals surface area contributed by atoms with Crippen molar-refractivity contribution < 1.29 is 29.1 Å². The van der Waals surface area contributed by atoms with Gasteiger partial charge in [-0.25, -0.2) is 9.59 Å². The molecule has 1 saturated heterocycles. The molecule has 11 nitrogen and oxygen atoms in total. The Balaban J connectivity index is 0.00000118. The summed E-state index contributed by atoms with van der Waals surface area (Å²) in [7, 11) is 0. The van der Waals surface area contributed by atoms with Gasteiger partial charge in [-0.3, -0.25) is 15.0 Å². The highest BCUT2D eigenvalue weighted by atomic mass is 16.6. The van der Waals surface area contributed by atoms with Gasteiger partial charge in [0.2, 0.25) is 0 Å². The summed E-state index contributed by atoms with van der Waals surface area (Å²) in [6.45, 7) is 9.49. The third-order valence-electron chi connectivity index (χ3n) is 7.54. The number of nitro benzene ring substituents is 1. The summed E-state index contributed by atoms with van der Waals surface area (Å²) in [6.07, 6.45) is -1.02. The van der Waals surface area contributed by atoms with Gasteiger partial charge in [0.25, 0.3) is 5.69 Å². The van der Waals surface area contributed by atoms with Crippen LogP contribution in [-0.4, -0.2) is 58.3 Å². The van der Waals surface area contributed by atoms with Crippen LogP contribution in [-0.2, 0) is 19.1 Å². The van der Waals surface area contributed by atoms with Crippen molar-refractivity contribution in [2.75, 3.05) is 13.1 Å². The molecule has 0 radical (unpaired) electrons. The lowest BCUT2D eigenvalue weighted by Gasteiger charge is -2.44. The van der Waals surface area contributed by atoms with Gasteiger partial charge in [0, 0.05) is 37.0 Å². The lowest BCUT2D eigenvalue weighted by Crippen LogP contribution is -2.54. The van der Waals surface area contributed by atoms with E-state index in [1.54, 1.807) is 40.7 Å². The van der Waals surface area contributed by atoms with Gasteiger partial charge < -0.3 is 25.6 Å². The van der Waals surface area contributed by atoms with E-state index < -0.39 is 35.0 Å². The first-order chi connectivity index (χ1) is 22.4. The fourth-order valence-corrected chi connectivity index (χ4v) is 5.64. The molecule has 0 aliphatic carbocycles. The molecule has 248 valence electrons. The van der Waals surface area contributed by atoms with Crippen LogP contribution in [0.1, 0.15) is 63.3 Å². The minimum absolute atomic E-state index is 0.00271. The van der Waals surface area contributed by atoms with Crippen molar-refractivity contribution in [3.63, 3.8) is 0 Å². The molecule has 0 aromatic heterocycles. The highest BCUT2D eigenvalue weighted by Gasteiger charge is 2.42. The Bertz CT molecular complexity index is 1590. The molecule has 4 N–H and O–H groups in total. The minimum atomic E-state index is -1.03. The average Bonchev–Trinajstić information content (AvgIpc) is 3.00. The number of likely N-dealkylation sites (tertiary alicyclic amines) is 1. The normalized spacial score (nSPS) is 16.7. The molecular weight excluding hydrogens is 600 g/mol. The first kappa shape index (κ1) is 34.9. The summed E-state index contributed by atoms with van der Waals surface area (Å²) in [4.78, 5) is 40.4. The zero-order valence-electron chi connectivity index (χ0n) is 27.3. The highest BCUT2D eigenvalue weighted by Crippen LogP contribution is 2.40. The minimum Gasteiger partial charge on any atom is -0.460 e. The van der Waals surface area contributed by atoms with Crippen LogP contribution in [0.4, 0.5) is 5.69 Å². The number of nitrogens with one attached hydrogen (secondary N) is 1. The maximum absolute atomic E-state index is 13.8. The topological polar surface area (TPSA) is 157 Å². The molecule has 1 atom stereocenters. The number of hydrogen-bond acceptors (Lipinski definition) is 10. The number of nitrogens with zero attached hydrogens (tertiary/aromatic N) is 2. The van der Waals surface area contributed by atoms with Crippen molar-refractivity contribution in [1.82, 2.24) is 10.2 Å². The number of carbonyl (C=O) groups excluding carboxylic acids is 2. The van der Waals surface area contributed by atoms with E-state index in [-0.39, 0.29) is 34.8 Å². The number of nitrogens with two attached hydrogens (primary N) is 1. The van der Waals surface area contributed by atoms with Crippen LogP contribution in [0.5, 0.6) is 0 Å². The number of rotatable bonds is 9. The van der Waals surface area contributed by atoms with Crippen molar-refractivity contribution >= 4 is 17.6 Å². The lowest BCUT2D eigenvalue weighted by atomic mass is 9.81. The second kappa shape index (κ2) is 15.5. The Morgan fingerprint density at radius 2 is 1.47 bits per heavy atom. The van der Waals surface area contributed by atoms with Crippen LogP contribution >= 0.6 is 0 Å². The molecule has 0 spiro atoms. The number of hydrogen-bond donors (Lipinski definition) is 3. The van der Waals surface area contributed by atoms with Gasteiger partial charge in [-0.1, -0.05) is 72.8 Å². The summed E-state index contributed by atoms with van der Waals surface area (Å²) < 4.78 is 11.5. The molecular formula is C36H42N4O7. The summed E-state index contributed by atoms with van der Waals surface area (Å²) in [5.41, 5.74) is 9.31. The SMILES string of the molecule is CC(C)O.CC1=C(C(=O)OC(C)C)C(c2cccc([N+](=O)[O-])c2)C(C(=O)OC2CN(C(c3ccccc3)c3ccccc3)C2)=C(N)N1. The van der Waals surface area contributed by atoms with E-state index in [0.717, 1.165) is 11.1 Å². The molecule has 47 heavy (non-hydrogen) atoms. The Hall–Kier alpha value is -5.00. The van der Waals surface area contributed by atoms with Crippen molar-refractivity contribution in [2.45, 2.75) is 64.9 Å². The summed E-state index contributed by atoms with van der Waals surface area (Å²) >= 11 is 0. The third-order valence-corrected chi connectivity index (χ3v) is 7.54. The molecule has 11 heteroatoms. The Labute approximate surface area is 274 Å². The van der Waals surface area contributed by atoms with Gasteiger partial charge in [0.1, 0.15) is 11.9 Å². The molecule has 2 heterocycles. The first-order valence-electron chi connectivity index (χ1n) is 15.5. The number of carbonyl (C=O) groups is 2. The number of non-ortho nitro benzene ring substituents is 1. The smallest absolute Gasteiger partial charge is 0.339 e. The zero-order chi connectivity index (χ0) is 34.2. The van der Waals surface area contributed by atoms with Gasteiger partial charge in [-0.2, -0.15) is 0 Å². The van der Waals surface area contributed by atoms with E-state index >= 15 is 0 Å². The van der Waals surface area contributed by atoms with E-state index in [2.05, 4.69) is 34.5 Å². The number of aliphatic hydroxyl groups excluding tert-OH is 1. The van der Waals surface area contributed by atoms with Crippen molar-refractivity contribution in [3.05, 3.63) is 134 Å². The van der Waals surface area contributed by atoms with Crippen molar-refractivity contribution in [2.24, 2.45) is 5.73 Å². The zero-order valence-corrected chi connectivity index (χ0v) is 27.3. The fourth-order valence-electron chi connectivity index (χ4n) is 5.64. The van der Waals surface area contributed by atoms with E-state index in [1.165, 1.54) is 18.2 Å².